The molecule has 2 N–H and O–H groups in total. The van der Waals surface area contributed by atoms with E-state index in [2.05, 4.69) is 80.3 Å². The van der Waals surface area contributed by atoms with Crippen LogP contribution in [0.4, 0.5) is 0 Å². The summed E-state index contributed by atoms with van der Waals surface area (Å²) in [5.74, 6) is 0.714. The summed E-state index contributed by atoms with van der Waals surface area (Å²) in [5.41, 5.74) is 7.68. The molecular weight excluding hydrogens is 484 g/mol. The Morgan fingerprint density at radius 2 is 1.33 bits per heavy atom. The molecule has 0 unspecified atom stereocenters. The first-order chi connectivity index (χ1) is 18.6. The first-order valence-corrected chi connectivity index (χ1v) is 13.9. The lowest BCUT2D eigenvalue weighted by Gasteiger charge is -2.14. The molecule has 0 aliphatic carbocycles. The molecular formula is C33H42N4O2. The van der Waals surface area contributed by atoms with Gasteiger partial charge in [0.2, 0.25) is 0 Å². The second-order valence-electron chi connectivity index (χ2n) is 10.5. The summed E-state index contributed by atoms with van der Waals surface area (Å²) in [6.07, 6.45) is 5.43. The Balaban J connectivity index is 0.000000218. The van der Waals surface area contributed by atoms with Crippen molar-refractivity contribution < 1.29 is 9.59 Å². The molecule has 0 aliphatic rings. The molecule has 4 aromatic rings. The van der Waals surface area contributed by atoms with Gasteiger partial charge in [-0.3, -0.25) is 19.6 Å². The van der Waals surface area contributed by atoms with E-state index in [1.165, 1.54) is 16.7 Å². The van der Waals surface area contributed by atoms with Gasteiger partial charge in [-0.2, -0.15) is 0 Å². The van der Waals surface area contributed by atoms with E-state index in [1.54, 1.807) is 19.4 Å². The number of carbonyl (C=O) groups is 2. The number of aryl methyl sites for hydroxylation is 2. The molecule has 0 aliphatic heterocycles. The zero-order chi connectivity index (χ0) is 28.7. The number of aromatic nitrogens is 2. The van der Waals surface area contributed by atoms with E-state index in [9.17, 15) is 9.59 Å². The number of hydrogen-bond donors (Lipinski definition) is 2. The molecule has 0 radical (unpaired) electrons. The van der Waals surface area contributed by atoms with Crippen LogP contribution in [0.3, 0.4) is 0 Å². The zero-order valence-corrected chi connectivity index (χ0v) is 24.6. The zero-order valence-electron chi connectivity index (χ0n) is 24.6. The van der Waals surface area contributed by atoms with Crippen molar-refractivity contribution in [3.63, 3.8) is 0 Å². The van der Waals surface area contributed by atoms with Crippen molar-refractivity contribution >= 4 is 33.6 Å². The van der Waals surface area contributed by atoms with Gasteiger partial charge in [0.05, 0.1) is 22.2 Å². The maximum atomic E-state index is 12.4. The largest absolute Gasteiger partial charge is 0.355 e. The highest BCUT2D eigenvalue weighted by Crippen LogP contribution is 2.29. The van der Waals surface area contributed by atoms with E-state index < -0.39 is 0 Å². The van der Waals surface area contributed by atoms with Gasteiger partial charge in [-0.25, -0.2) is 0 Å². The first-order valence-electron chi connectivity index (χ1n) is 13.9. The Bertz CT molecular complexity index is 1470. The number of rotatable bonds is 7. The predicted octanol–water partition coefficient (Wildman–Crippen LogP) is 7.09. The minimum Gasteiger partial charge on any atom is -0.355 e. The number of carbonyl (C=O) groups excluding carboxylic acids is 2. The Morgan fingerprint density at radius 3 is 1.82 bits per heavy atom. The van der Waals surface area contributed by atoms with Crippen molar-refractivity contribution in [2.75, 3.05) is 13.6 Å². The fraction of sp³-hybridized carbons (Fsp3) is 0.394. The van der Waals surface area contributed by atoms with Gasteiger partial charge in [0.15, 0.2) is 0 Å². The van der Waals surface area contributed by atoms with Crippen LogP contribution in [0.15, 0.2) is 48.8 Å². The van der Waals surface area contributed by atoms with Crippen LogP contribution in [-0.4, -0.2) is 35.4 Å². The number of hydrogen-bond acceptors (Lipinski definition) is 4. The van der Waals surface area contributed by atoms with E-state index in [1.807, 2.05) is 25.1 Å². The average Bonchev–Trinajstić information content (AvgIpc) is 2.93. The maximum Gasteiger partial charge on any atom is 0.253 e. The number of nitrogens with zero attached hydrogens (tertiary/aromatic N) is 2. The number of fused-ring (bicyclic) bond motifs is 2. The van der Waals surface area contributed by atoms with Crippen molar-refractivity contribution in [1.82, 2.24) is 20.6 Å². The monoisotopic (exact) mass is 526 g/mol. The van der Waals surface area contributed by atoms with Crippen molar-refractivity contribution in [2.45, 2.75) is 73.1 Å². The molecule has 0 saturated carbocycles. The van der Waals surface area contributed by atoms with E-state index in [-0.39, 0.29) is 11.8 Å². The number of amides is 2. The Kier molecular flexibility index (Phi) is 10.2. The SMILES string of the molecule is CCCNC(=O)c1cc(CC)cc2c(C(C)C)ccnc12.CNC(=O)c1cc(C)cc2c(C(C)C)ccnc12. The summed E-state index contributed by atoms with van der Waals surface area (Å²) in [5, 5.41) is 7.81. The predicted molar refractivity (Wildman–Crippen MR) is 162 cm³/mol. The van der Waals surface area contributed by atoms with E-state index in [0.29, 0.717) is 29.5 Å². The van der Waals surface area contributed by atoms with Gasteiger partial charge in [-0.05, 0) is 90.3 Å². The van der Waals surface area contributed by atoms with Gasteiger partial charge in [0.1, 0.15) is 0 Å². The molecule has 4 rings (SSSR count). The van der Waals surface area contributed by atoms with E-state index in [4.69, 9.17) is 0 Å². The summed E-state index contributed by atoms with van der Waals surface area (Å²) in [6.45, 7) is 15.5. The van der Waals surface area contributed by atoms with Gasteiger partial charge in [0, 0.05) is 36.8 Å². The molecule has 39 heavy (non-hydrogen) atoms. The van der Waals surface area contributed by atoms with Crippen LogP contribution >= 0.6 is 0 Å². The molecule has 2 aromatic carbocycles. The van der Waals surface area contributed by atoms with Gasteiger partial charge < -0.3 is 10.6 Å². The molecule has 2 aromatic heterocycles. The van der Waals surface area contributed by atoms with Crippen molar-refractivity contribution in [3.8, 4) is 0 Å². The van der Waals surface area contributed by atoms with Crippen LogP contribution in [0.1, 0.15) is 103 Å². The number of benzene rings is 2. The highest BCUT2D eigenvalue weighted by molar-refractivity contribution is 6.07. The average molecular weight is 527 g/mol. The van der Waals surface area contributed by atoms with Gasteiger partial charge in [0.25, 0.3) is 11.8 Å². The molecule has 0 atom stereocenters. The molecule has 0 fully saturated rings. The van der Waals surface area contributed by atoms with Gasteiger partial charge >= 0.3 is 0 Å². The molecule has 2 heterocycles. The molecule has 206 valence electrons. The van der Waals surface area contributed by atoms with Gasteiger partial charge in [-0.1, -0.05) is 41.5 Å². The van der Waals surface area contributed by atoms with Crippen LogP contribution < -0.4 is 10.6 Å². The summed E-state index contributed by atoms with van der Waals surface area (Å²) in [6, 6.07) is 12.2. The van der Waals surface area contributed by atoms with Crippen molar-refractivity contribution in [3.05, 3.63) is 82.2 Å². The van der Waals surface area contributed by atoms with Crippen LogP contribution in [0.2, 0.25) is 0 Å². The quantitative estimate of drug-likeness (QED) is 0.269. The third-order valence-corrected chi connectivity index (χ3v) is 6.87. The molecule has 2 amide bonds. The molecule has 6 nitrogen and oxygen atoms in total. The first kappa shape index (κ1) is 29.8. The molecule has 0 bridgehead atoms. The maximum absolute atomic E-state index is 12.4. The summed E-state index contributed by atoms with van der Waals surface area (Å²) in [4.78, 5) is 33.2. The highest BCUT2D eigenvalue weighted by atomic mass is 16.2. The Labute approximate surface area is 232 Å². The normalized spacial score (nSPS) is 11.0. The third kappa shape index (κ3) is 6.80. The lowest BCUT2D eigenvalue weighted by atomic mass is 9.94. The second kappa shape index (κ2) is 13.3. The summed E-state index contributed by atoms with van der Waals surface area (Å²) >= 11 is 0. The minimum absolute atomic E-state index is 0.0226. The van der Waals surface area contributed by atoms with E-state index >= 15 is 0 Å². The fourth-order valence-electron chi connectivity index (χ4n) is 4.78. The number of nitrogens with one attached hydrogen (secondary N) is 2. The molecule has 0 saturated heterocycles. The summed E-state index contributed by atoms with van der Waals surface area (Å²) in [7, 11) is 1.64. The topological polar surface area (TPSA) is 84.0 Å². The second-order valence-corrected chi connectivity index (χ2v) is 10.5. The standard InChI is InChI=1S/C18H24N2O.C15H18N2O/c1-5-8-20-18(21)16-11-13(6-2)10-15-14(12(3)4)7-9-19-17(15)16;1-9(2)11-5-6-17-14-12(11)7-10(3)8-13(14)15(18)16-4/h7,9-12H,5-6,8H2,1-4H3,(H,20,21);5-9H,1-4H3,(H,16,18). The van der Waals surface area contributed by atoms with Crippen molar-refractivity contribution in [1.29, 1.82) is 0 Å². The van der Waals surface area contributed by atoms with Crippen LogP contribution in [-0.2, 0) is 6.42 Å². The smallest absolute Gasteiger partial charge is 0.253 e. The number of pyridine rings is 2. The van der Waals surface area contributed by atoms with Crippen molar-refractivity contribution in [2.24, 2.45) is 0 Å². The third-order valence-electron chi connectivity index (χ3n) is 6.87. The fourth-order valence-corrected chi connectivity index (χ4v) is 4.78. The highest BCUT2D eigenvalue weighted by Gasteiger charge is 2.16. The van der Waals surface area contributed by atoms with Crippen LogP contribution in [0.5, 0.6) is 0 Å². The lowest BCUT2D eigenvalue weighted by Crippen LogP contribution is -2.24. The van der Waals surface area contributed by atoms with E-state index in [0.717, 1.165) is 40.2 Å². The van der Waals surface area contributed by atoms with Crippen LogP contribution in [0.25, 0.3) is 21.8 Å². The Morgan fingerprint density at radius 1 is 0.795 bits per heavy atom. The summed E-state index contributed by atoms with van der Waals surface area (Å²) < 4.78 is 0. The minimum atomic E-state index is -0.0860. The lowest BCUT2D eigenvalue weighted by molar-refractivity contribution is 0.0950. The van der Waals surface area contributed by atoms with Crippen LogP contribution in [0, 0.1) is 6.92 Å². The molecule has 0 spiro atoms. The Hall–Kier alpha value is -3.80. The molecule has 6 heteroatoms. The van der Waals surface area contributed by atoms with Gasteiger partial charge in [-0.15, -0.1) is 0 Å².